The number of hydrogen-bond donors (Lipinski definition) is 2. The molecule has 0 aromatic heterocycles. The van der Waals surface area contributed by atoms with E-state index in [9.17, 15) is 0 Å². The second-order valence-electron chi connectivity index (χ2n) is 4.85. The Morgan fingerprint density at radius 3 is 2.09 bits per heavy atom. The van der Waals surface area contributed by atoms with Gasteiger partial charge in [0.15, 0.2) is 0 Å². The fourth-order valence-corrected chi connectivity index (χ4v) is 3.85. The van der Waals surface area contributed by atoms with Gasteiger partial charge in [-0.05, 0) is 72.4 Å². The maximum atomic E-state index is 5.75. The van der Waals surface area contributed by atoms with Crippen molar-refractivity contribution in [3.05, 3.63) is 47.0 Å². The number of hydrogen-bond acceptors (Lipinski definition) is 4. The average Bonchev–Trinajstić information content (AvgIpc) is 2.56. The molecule has 0 unspecified atom stereocenters. The van der Waals surface area contributed by atoms with Crippen LogP contribution in [0.4, 0.5) is 5.69 Å². The standard InChI is InChI=1S/C16H22N2S2.C2H6/c17-13-3-7-15(8-4-13)19-11-1-2-12-20-16-9-5-14(18)6-10-16;1-2/h3-5,7-9H,1-2,6,10-12,17-18H2;1-2H3. The SMILES string of the molecule is CC.NC1=CC=C(SCCCCSc2ccc(N)cc2)CC1. The van der Waals surface area contributed by atoms with Crippen LogP contribution in [0.15, 0.2) is 51.9 Å². The van der Waals surface area contributed by atoms with Gasteiger partial charge >= 0.3 is 0 Å². The number of unbranched alkanes of at least 4 members (excludes halogenated alkanes) is 1. The quantitative estimate of drug-likeness (QED) is 0.396. The van der Waals surface area contributed by atoms with Gasteiger partial charge in [-0.1, -0.05) is 19.9 Å². The Bertz CT molecular complexity index is 478. The Balaban J connectivity index is 0.00000116. The van der Waals surface area contributed by atoms with Gasteiger partial charge in [0.1, 0.15) is 0 Å². The first-order valence-electron chi connectivity index (χ1n) is 8.00. The molecule has 0 fully saturated rings. The summed E-state index contributed by atoms with van der Waals surface area (Å²) in [5.41, 5.74) is 13.3. The number of nitrogen functional groups attached to an aromatic ring is 1. The van der Waals surface area contributed by atoms with Crippen molar-refractivity contribution in [3.8, 4) is 0 Å². The van der Waals surface area contributed by atoms with Crippen molar-refractivity contribution in [3.63, 3.8) is 0 Å². The van der Waals surface area contributed by atoms with Gasteiger partial charge < -0.3 is 11.5 Å². The van der Waals surface area contributed by atoms with Gasteiger partial charge in [-0.2, -0.15) is 0 Å². The molecule has 1 aliphatic carbocycles. The van der Waals surface area contributed by atoms with Crippen LogP contribution >= 0.6 is 23.5 Å². The van der Waals surface area contributed by atoms with E-state index in [4.69, 9.17) is 11.5 Å². The second kappa shape index (κ2) is 11.6. The topological polar surface area (TPSA) is 52.0 Å². The van der Waals surface area contributed by atoms with Gasteiger partial charge in [0.2, 0.25) is 0 Å². The zero-order valence-corrected chi connectivity index (χ0v) is 15.3. The van der Waals surface area contributed by atoms with Gasteiger partial charge in [-0.3, -0.25) is 0 Å². The highest BCUT2D eigenvalue weighted by atomic mass is 32.2. The van der Waals surface area contributed by atoms with E-state index in [-0.39, 0.29) is 0 Å². The Labute approximate surface area is 143 Å². The molecule has 4 heteroatoms. The third-order valence-corrected chi connectivity index (χ3v) is 5.42. The largest absolute Gasteiger partial charge is 0.402 e. The van der Waals surface area contributed by atoms with Crippen LogP contribution in [0, 0.1) is 0 Å². The summed E-state index contributed by atoms with van der Waals surface area (Å²) in [4.78, 5) is 2.79. The molecule has 0 bridgehead atoms. The third kappa shape index (κ3) is 7.85. The van der Waals surface area contributed by atoms with E-state index < -0.39 is 0 Å². The number of rotatable bonds is 7. The van der Waals surface area contributed by atoms with Crippen molar-refractivity contribution >= 4 is 29.2 Å². The van der Waals surface area contributed by atoms with E-state index in [1.165, 1.54) is 34.1 Å². The molecule has 0 radical (unpaired) electrons. The molecule has 0 amide bonds. The first kappa shape index (κ1) is 19.0. The predicted octanol–water partition coefficient (Wildman–Crippen LogP) is 5.42. The Hall–Kier alpha value is -1.00. The monoisotopic (exact) mass is 336 g/mol. The highest BCUT2D eigenvalue weighted by Gasteiger charge is 2.04. The molecule has 1 aliphatic rings. The van der Waals surface area contributed by atoms with E-state index in [1.807, 2.05) is 55.6 Å². The molecule has 0 saturated carbocycles. The van der Waals surface area contributed by atoms with E-state index in [2.05, 4.69) is 18.2 Å². The molecule has 0 atom stereocenters. The average molecular weight is 337 g/mol. The van der Waals surface area contributed by atoms with Crippen LogP contribution in [-0.2, 0) is 0 Å². The highest BCUT2D eigenvalue weighted by molar-refractivity contribution is 8.03. The molecule has 4 N–H and O–H groups in total. The lowest BCUT2D eigenvalue weighted by Gasteiger charge is -2.11. The summed E-state index contributed by atoms with van der Waals surface area (Å²) in [7, 11) is 0. The minimum Gasteiger partial charge on any atom is -0.402 e. The zero-order valence-electron chi connectivity index (χ0n) is 13.7. The lowest BCUT2D eigenvalue weighted by Crippen LogP contribution is -2.00. The summed E-state index contributed by atoms with van der Waals surface area (Å²) in [6, 6.07) is 8.12. The predicted molar refractivity (Wildman–Crippen MR) is 104 cm³/mol. The normalized spacial score (nSPS) is 13.7. The molecule has 2 nitrogen and oxygen atoms in total. The van der Waals surface area contributed by atoms with Crippen molar-refractivity contribution in [1.82, 2.24) is 0 Å². The van der Waals surface area contributed by atoms with Crippen molar-refractivity contribution in [2.45, 2.75) is 44.4 Å². The van der Waals surface area contributed by atoms with Crippen molar-refractivity contribution in [2.24, 2.45) is 5.73 Å². The number of thioether (sulfide) groups is 2. The van der Waals surface area contributed by atoms with Crippen molar-refractivity contribution in [1.29, 1.82) is 0 Å². The smallest absolute Gasteiger partial charge is 0.0314 e. The Morgan fingerprint density at radius 2 is 1.50 bits per heavy atom. The summed E-state index contributed by atoms with van der Waals surface area (Å²) in [5.74, 6) is 2.39. The van der Waals surface area contributed by atoms with Gasteiger partial charge in [-0.25, -0.2) is 0 Å². The molecule has 0 saturated heterocycles. The summed E-state index contributed by atoms with van der Waals surface area (Å²) < 4.78 is 0. The van der Waals surface area contributed by atoms with Gasteiger partial charge in [0.25, 0.3) is 0 Å². The number of anilines is 1. The van der Waals surface area contributed by atoms with Crippen molar-refractivity contribution < 1.29 is 0 Å². The van der Waals surface area contributed by atoms with Crippen LogP contribution in [0.1, 0.15) is 39.5 Å². The molecule has 122 valence electrons. The van der Waals surface area contributed by atoms with Crippen molar-refractivity contribution in [2.75, 3.05) is 17.2 Å². The molecule has 0 heterocycles. The van der Waals surface area contributed by atoms with E-state index >= 15 is 0 Å². The fourth-order valence-electron chi connectivity index (χ4n) is 1.92. The molecule has 2 rings (SSSR count). The van der Waals surface area contributed by atoms with Crippen LogP contribution in [0.3, 0.4) is 0 Å². The number of nitrogens with two attached hydrogens (primary N) is 2. The number of allylic oxidation sites excluding steroid dienone is 4. The molecule has 1 aromatic carbocycles. The first-order chi connectivity index (χ1) is 10.7. The summed E-state index contributed by atoms with van der Waals surface area (Å²) in [6.07, 6.45) is 8.88. The summed E-state index contributed by atoms with van der Waals surface area (Å²) in [6.45, 7) is 4.00. The van der Waals surface area contributed by atoms with Crippen LogP contribution in [0.5, 0.6) is 0 Å². The lowest BCUT2D eigenvalue weighted by atomic mass is 10.1. The van der Waals surface area contributed by atoms with Crippen LogP contribution in [-0.4, -0.2) is 11.5 Å². The van der Waals surface area contributed by atoms with Crippen LogP contribution in [0.25, 0.3) is 0 Å². The fraction of sp³-hybridized carbons (Fsp3) is 0.444. The molecule has 22 heavy (non-hydrogen) atoms. The van der Waals surface area contributed by atoms with E-state index in [0.717, 1.165) is 24.2 Å². The third-order valence-electron chi connectivity index (χ3n) is 3.12. The summed E-state index contributed by atoms with van der Waals surface area (Å²) >= 11 is 3.89. The minimum absolute atomic E-state index is 0.834. The maximum absolute atomic E-state index is 5.75. The molecular weight excluding hydrogens is 308 g/mol. The Kier molecular flexibility index (Phi) is 10.0. The first-order valence-corrected chi connectivity index (χ1v) is 9.97. The number of benzene rings is 1. The highest BCUT2D eigenvalue weighted by Crippen LogP contribution is 2.27. The van der Waals surface area contributed by atoms with Gasteiger partial charge in [0.05, 0.1) is 0 Å². The molecule has 1 aromatic rings. The van der Waals surface area contributed by atoms with E-state index in [0.29, 0.717) is 0 Å². The van der Waals surface area contributed by atoms with Crippen LogP contribution in [0.2, 0.25) is 0 Å². The molecule has 0 spiro atoms. The minimum atomic E-state index is 0.834. The Morgan fingerprint density at radius 1 is 0.864 bits per heavy atom. The van der Waals surface area contributed by atoms with Gasteiger partial charge in [-0.15, -0.1) is 23.5 Å². The maximum Gasteiger partial charge on any atom is 0.0314 e. The summed E-state index contributed by atoms with van der Waals surface area (Å²) in [5, 5.41) is 0. The second-order valence-corrected chi connectivity index (χ2v) is 7.24. The van der Waals surface area contributed by atoms with E-state index in [1.54, 1.807) is 0 Å². The zero-order chi connectivity index (χ0) is 16.2. The molecular formula is C18H28N2S2. The van der Waals surface area contributed by atoms with Crippen LogP contribution < -0.4 is 11.5 Å². The lowest BCUT2D eigenvalue weighted by molar-refractivity contribution is 0.902. The van der Waals surface area contributed by atoms with Gasteiger partial charge in [0, 0.05) is 16.3 Å². The molecule has 0 aliphatic heterocycles.